The molecule has 1 saturated heterocycles. The molecule has 3 amide bonds. The summed E-state index contributed by atoms with van der Waals surface area (Å²) in [5, 5.41) is 3.74. The number of carbonyl (C=O) groups is 2. The van der Waals surface area contributed by atoms with Gasteiger partial charge in [-0.25, -0.2) is 4.79 Å². The maximum Gasteiger partial charge on any atom is 0.325 e. The number of pyridine rings is 1. The number of amides is 3. The molecule has 0 bridgehead atoms. The lowest BCUT2D eigenvalue weighted by Crippen LogP contribution is -2.31. The second-order valence-corrected chi connectivity index (χ2v) is 5.66. The molecule has 5 heteroatoms. The number of aromatic nitrogens is 1. The molecule has 5 nitrogen and oxygen atoms in total. The van der Waals surface area contributed by atoms with Crippen LogP contribution in [0.3, 0.4) is 0 Å². The maximum absolute atomic E-state index is 12.4. The van der Waals surface area contributed by atoms with Crippen molar-refractivity contribution in [2.75, 3.05) is 0 Å². The minimum Gasteiger partial charge on any atom is -0.326 e. The SMILES string of the molecule is CCCC1NC(=O)N(Cc2cc(C)nc3ccccc23)C1=O. The molecule has 2 aromatic rings. The van der Waals surface area contributed by atoms with Crippen molar-refractivity contribution < 1.29 is 9.59 Å². The number of rotatable bonds is 4. The van der Waals surface area contributed by atoms with Crippen molar-refractivity contribution in [2.45, 2.75) is 39.3 Å². The second-order valence-electron chi connectivity index (χ2n) is 5.66. The summed E-state index contributed by atoms with van der Waals surface area (Å²) in [4.78, 5) is 30.2. The van der Waals surface area contributed by atoms with E-state index in [4.69, 9.17) is 0 Å². The highest BCUT2D eigenvalue weighted by atomic mass is 16.2. The van der Waals surface area contributed by atoms with Gasteiger partial charge < -0.3 is 5.32 Å². The van der Waals surface area contributed by atoms with Gasteiger partial charge in [0.05, 0.1) is 12.1 Å². The van der Waals surface area contributed by atoms with Gasteiger partial charge >= 0.3 is 6.03 Å². The summed E-state index contributed by atoms with van der Waals surface area (Å²) in [6, 6.07) is 9.04. The highest BCUT2D eigenvalue weighted by Gasteiger charge is 2.37. The van der Waals surface area contributed by atoms with E-state index in [1.807, 2.05) is 44.2 Å². The van der Waals surface area contributed by atoms with Crippen molar-refractivity contribution in [2.24, 2.45) is 0 Å². The molecule has 1 aliphatic rings. The molecule has 2 heterocycles. The Labute approximate surface area is 129 Å². The number of carbonyl (C=O) groups excluding carboxylic acids is 2. The lowest BCUT2D eigenvalue weighted by Gasteiger charge is -2.15. The van der Waals surface area contributed by atoms with Crippen molar-refractivity contribution >= 4 is 22.8 Å². The Kier molecular flexibility index (Phi) is 3.79. The van der Waals surface area contributed by atoms with Crippen LogP contribution in [0.2, 0.25) is 0 Å². The fourth-order valence-electron chi connectivity index (χ4n) is 2.91. The molecule has 0 spiro atoms. The molecule has 114 valence electrons. The van der Waals surface area contributed by atoms with E-state index in [9.17, 15) is 9.59 Å². The summed E-state index contributed by atoms with van der Waals surface area (Å²) >= 11 is 0. The third kappa shape index (κ3) is 2.54. The number of imide groups is 1. The Morgan fingerprint density at radius 3 is 2.82 bits per heavy atom. The van der Waals surface area contributed by atoms with Gasteiger partial charge in [-0.2, -0.15) is 0 Å². The van der Waals surface area contributed by atoms with E-state index in [0.29, 0.717) is 6.42 Å². The summed E-state index contributed by atoms with van der Waals surface area (Å²) in [5.41, 5.74) is 2.71. The molecule has 1 aromatic heterocycles. The maximum atomic E-state index is 12.4. The van der Waals surface area contributed by atoms with Gasteiger partial charge in [0.1, 0.15) is 6.04 Å². The zero-order valence-electron chi connectivity index (χ0n) is 12.8. The fraction of sp³-hybridized carbons (Fsp3) is 0.353. The van der Waals surface area contributed by atoms with E-state index in [1.54, 1.807) is 0 Å². The molecule has 0 saturated carbocycles. The van der Waals surface area contributed by atoms with Crippen LogP contribution in [-0.4, -0.2) is 27.9 Å². The molecular formula is C17H19N3O2. The standard InChI is InChI=1S/C17H19N3O2/c1-3-6-15-16(21)20(17(22)19-15)10-12-9-11(2)18-14-8-5-4-7-13(12)14/h4-5,7-9,15H,3,6,10H2,1-2H3,(H,19,22). The van der Waals surface area contributed by atoms with Crippen LogP contribution in [0.15, 0.2) is 30.3 Å². The summed E-state index contributed by atoms with van der Waals surface area (Å²) in [6.45, 7) is 4.21. The number of fused-ring (bicyclic) bond motifs is 1. The zero-order valence-corrected chi connectivity index (χ0v) is 12.8. The highest BCUT2D eigenvalue weighted by Crippen LogP contribution is 2.22. The fourth-order valence-corrected chi connectivity index (χ4v) is 2.91. The van der Waals surface area contributed by atoms with Gasteiger partial charge in [0, 0.05) is 11.1 Å². The normalized spacial score (nSPS) is 18.1. The number of urea groups is 1. The lowest BCUT2D eigenvalue weighted by molar-refractivity contribution is -0.128. The first-order valence-electron chi connectivity index (χ1n) is 7.57. The van der Waals surface area contributed by atoms with Crippen LogP contribution in [0.25, 0.3) is 10.9 Å². The van der Waals surface area contributed by atoms with Crippen molar-refractivity contribution in [1.29, 1.82) is 0 Å². The van der Waals surface area contributed by atoms with E-state index in [0.717, 1.165) is 28.6 Å². The average molecular weight is 297 g/mol. The first-order chi connectivity index (χ1) is 10.6. The van der Waals surface area contributed by atoms with Gasteiger partial charge in [-0.05, 0) is 31.0 Å². The number of hydrogen-bond donors (Lipinski definition) is 1. The van der Waals surface area contributed by atoms with Crippen molar-refractivity contribution in [3.63, 3.8) is 0 Å². The Balaban J connectivity index is 1.93. The van der Waals surface area contributed by atoms with Crippen LogP contribution in [0.1, 0.15) is 31.0 Å². The average Bonchev–Trinajstić information content (AvgIpc) is 2.75. The van der Waals surface area contributed by atoms with Crippen molar-refractivity contribution in [1.82, 2.24) is 15.2 Å². The Hall–Kier alpha value is -2.43. The molecular weight excluding hydrogens is 278 g/mol. The number of para-hydroxylation sites is 1. The van der Waals surface area contributed by atoms with E-state index in [2.05, 4.69) is 10.3 Å². The molecule has 1 aromatic carbocycles. The van der Waals surface area contributed by atoms with E-state index >= 15 is 0 Å². The van der Waals surface area contributed by atoms with E-state index < -0.39 is 0 Å². The Morgan fingerprint density at radius 1 is 1.27 bits per heavy atom. The molecule has 1 aliphatic heterocycles. The molecule has 0 radical (unpaired) electrons. The predicted octanol–water partition coefficient (Wildman–Crippen LogP) is 2.76. The first kappa shape index (κ1) is 14.5. The summed E-state index contributed by atoms with van der Waals surface area (Å²) in [5.74, 6) is -0.134. The molecule has 1 unspecified atom stereocenters. The highest BCUT2D eigenvalue weighted by molar-refractivity contribution is 6.04. The lowest BCUT2D eigenvalue weighted by atomic mass is 10.1. The minimum atomic E-state index is -0.383. The van der Waals surface area contributed by atoms with Crippen LogP contribution >= 0.6 is 0 Å². The Morgan fingerprint density at radius 2 is 2.05 bits per heavy atom. The predicted molar refractivity (Wildman–Crippen MR) is 84.3 cm³/mol. The Bertz CT molecular complexity index is 742. The summed E-state index contributed by atoms with van der Waals surface area (Å²) < 4.78 is 0. The second kappa shape index (κ2) is 5.75. The van der Waals surface area contributed by atoms with Gasteiger partial charge in [-0.15, -0.1) is 0 Å². The number of aryl methyl sites for hydroxylation is 1. The smallest absolute Gasteiger partial charge is 0.325 e. The van der Waals surface area contributed by atoms with E-state index in [1.165, 1.54) is 4.90 Å². The monoisotopic (exact) mass is 297 g/mol. The van der Waals surface area contributed by atoms with Crippen LogP contribution in [-0.2, 0) is 11.3 Å². The minimum absolute atomic E-state index is 0.134. The first-order valence-corrected chi connectivity index (χ1v) is 7.57. The van der Waals surface area contributed by atoms with Gasteiger partial charge in [0.2, 0.25) is 0 Å². The molecule has 22 heavy (non-hydrogen) atoms. The number of nitrogens with one attached hydrogen (secondary N) is 1. The molecule has 1 fully saturated rings. The van der Waals surface area contributed by atoms with Gasteiger partial charge in [-0.3, -0.25) is 14.7 Å². The molecule has 1 N–H and O–H groups in total. The van der Waals surface area contributed by atoms with Crippen LogP contribution in [0.4, 0.5) is 4.79 Å². The van der Waals surface area contributed by atoms with Crippen molar-refractivity contribution in [3.8, 4) is 0 Å². The largest absolute Gasteiger partial charge is 0.326 e. The van der Waals surface area contributed by atoms with Crippen LogP contribution in [0.5, 0.6) is 0 Å². The zero-order chi connectivity index (χ0) is 15.7. The third-order valence-corrected chi connectivity index (χ3v) is 3.94. The van der Waals surface area contributed by atoms with Gasteiger partial charge in [0.25, 0.3) is 5.91 Å². The van der Waals surface area contributed by atoms with Crippen molar-refractivity contribution in [3.05, 3.63) is 41.6 Å². The van der Waals surface area contributed by atoms with Crippen LogP contribution < -0.4 is 5.32 Å². The quantitative estimate of drug-likeness (QED) is 0.883. The summed E-state index contributed by atoms with van der Waals surface area (Å²) in [7, 11) is 0. The summed E-state index contributed by atoms with van der Waals surface area (Å²) in [6.07, 6.45) is 1.54. The molecule has 3 rings (SSSR count). The van der Waals surface area contributed by atoms with Crippen LogP contribution in [0, 0.1) is 6.92 Å². The third-order valence-electron chi connectivity index (χ3n) is 3.94. The van der Waals surface area contributed by atoms with Gasteiger partial charge in [-0.1, -0.05) is 31.5 Å². The van der Waals surface area contributed by atoms with Gasteiger partial charge in [0.15, 0.2) is 0 Å². The number of benzene rings is 1. The van der Waals surface area contributed by atoms with E-state index in [-0.39, 0.29) is 24.5 Å². The number of hydrogen-bond acceptors (Lipinski definition) is 3. The topological polar surface area (TPSA) is 62.3 Å². The molecule has 1 atom stereocenters. The number of nitrogens with zero attached hydrogens (tertiary/aromatic N) is 2. The molecule has 0 aliphatic carbocycles.